The average Bonchev–Trinajstić information content (AvgIpc) is 2.60. The fraction of sp³-hybridized carbons (Fsp3) is 0.167. The second-order valence-corrected chi connectivity index (χ2v) is 9.76. The van der Waals surface area contributed by atoms with Crippen LogP contribution in [0.5, 0.6) is 0 Å². The van der Waals surface area contributed by atoms with Gasteiger partial charge in [0.15, 0.2) is 0 Å². The van der Waals surface area contributed by atoms with Crippen LogP contribution >= 0.6 is 0 Å². The van der Waals surface area contributed by atoms with Crippen molar-refractivity contribution in [2.75, 3.05) is 4.72 Å². The minimum atomic E-state index is -3.92. The van der Waals surface area contributed by atoms with Crippen LogP contribution in [0.2, 0.25) is 0 Å². The van der Waals surface area contributed by atoms with Gasteiger partial charge in [0.05, 0.1) is 9.79 Å². The standard InChI is InChI=1S/C18H18N2O6S2/c1-12(2)19-27(22,23)15-6-4-14(5-7-15)20-28(24,25)16-8-9-17-13(11-16)3-10-18(21)26-17/h3-12,19-20H,1-2H3. The molecule has 0 fully saturated rings. The Bertz CT molecular complexity index is 1280. The van der Waals surface area contributed by atoms with Gasteiger partial charge in [-0.05, 0) is 62.4 Å². The van der Waals surface area contributed by atoms with Crippen LogP contribution in [0.3, 0.4) is 0 Å². The fourth-order valence-electron chi connectivity index (χ4n) is 2.51. The minimum absolute atomic E-state index is 0.0213. The lowest BCUT2D eigenvalue weighted by Crippen LogP contribution is -2.30. The maximum absolute atomic E-state index is 12.6. The SMILES string of the molecule is CC(C)NS(=O)(=O)c1ccc(NS(=O)(=O)c2ccc3oc(=O)ccc3c2)cc1. The molecule has 2 aromatic carbocycles. The van der Waals surface area contributed by atoms with Gasteiger partial charge < -0.3 is 4.42 Å². The second kappa shape index (κ2) is 7.38. The Balaban J connectivity index is 1.86. The first kappa shape index (κ1) is 20.1. The van der Waals surface area contributed by atoms with Crippen LogP contribution < -0.4 is 15.1 Å². The number of fused-ring (bicyclic) bond motifs is 1. The molecule has 3 aromatic rings. The van der Waals surface area contributed by atoms with Gasteiger partial charge in [0.1, 0.15) is 5.58 Å². The van der Waals surface area contributed by atoms with Crippen molar-refractivity contribution in [1.29, 1.82) is 0 Å². The van der Waals surface area contributed by atoms with Gasteiger partial charge in [-0.15, -0.1) is 0 Å². The highest BCUT2D eigenvalue weighted by Crippen LogP contribution is 2.21. The van der Waals surface area contributed by atoms with E-state index in [1.807, 2.05) is 0 Å². The average molecular weight is 422 g/mol. The summed E-state index contributed by atoms with van der Waals surface area (Å²) in [6, 6.07) is 11.9. The van der Waals surface area contributed by atoms with E-state index in [1.54, 1.807) is 13.8 Å². The molecule has 0 unspecified atom stereocenters. The van der Waals surface area contributed by atoms with Crippen molar-refractivity contribution >= 4 is 36.7 Å². The van der Waals surface area contributed by atoms with Gasteiger partial charge >= 0.3 is 5.63 Å². The Morgan fingerprint density at radius 1 is 0.821 bits per heavy atom. The Labute approximate surface area is 162 Å². The summed E-state index contributed by atoms with van der Waals surface area (Å²) in [5, 5.41) is 0.462. The largest absolute Gasteiger partial charge is 0.423 e. The summed E-state index contributed by atoms with van der Waals surface area (Å²) < 4.78 is 59.3. The number of rotatable bonds is 6. The predicted molar refractivity (Wildman–Crippen MR) is 105 cm³/mol. The molecule has 10 heteroatoms. The van der Waals surface area contributed by atoms with Crippen LogP contribution in [0.15, 0.2) is 73.6 Å². The molecule has 1 aromatic heterocycles. The van der Waals surface area contributed by atoms with Crippen LogP contribution in [0.1, 0.15) is 13.8 Å². The molecule has 1 heterocycles. The Kier molecular flexibility index (Phi) is 5.28. The van der Waals surface area contributed by atoms with E-state index < -0.39 is 25.7 Å². The molecule has 0 atom stereocenters. The normalized spacial score (nSPS) is 12.4. The minimum Gasteiger partial charge on any atom is -0.423 e. The quantitative estimate of drug-likeness (QED) is 0.588. The highest BCUT2D eigenvalue weighted by atomic mass is 32.2. The van der Waals surface area contributed by atoms with Crippen molar-refractivity contribution < 1.29 is 21.3 Å². The number of sulfonamides is 2. The summed E-state index contributed by atoms with van der Waals surface area (Å²) in [6.07, 6.45) is 0. The van der Waals surface area contributed by atoms with E-state index in [0.29, 0.717) is 5.39 Å². The molecule has 8 nitrogen and oxygen atoms in total. The predicted octanol–water partition coefficient (Wildman–Crippen LogP) is 2.28. The van der Waals surface area contributed by atoms with Gasteiger partial charge in [0.25, 0.3) is 10.0 Å². The van der Waals surface area contributed by atoms with Crippen molar-refractivity contribution in [3.8, 4) is 0 Å². The van der Waals surface area contributed by atoms with Crippen molar-refractivity contribution in [1.82, 2.24) is 4.72 Å². The van der Waals surface area contributed by atoms with Gasteiger partial charge in [-0.2, -0.15) is 0 Å². The summed E-state index contributed by atoms with van der Waals surface area (Å²) in [6.45, 7) is 3.41. The van der Waals surface area contributed by atoms with E-state index >= 15 is 0 Å². The van der Waals surface area contributed by atoms with Gasteiger partial charge in [0, 0.05) is 23.2 Å². The van der Waals surface area contributed by atoms with E-state index in [-0.39, 0.29) is 27.1 Å². The maximum atomic E-state index is 12.6. The lowest BCUT2D eigenvalue weighted by Gasteiger charge is -2.11. The second-order valence-electron chi connectivity index (χ2n) is 6.36. The molecule has 2 N–H and O–H groups in total. The summed E-state index contributed by atoms with van der Waals surface area (Å²) in [7, 11) is -7.58. The van der Waals surface area contributed by atoms with Crippen molar-refractivity contribution in [2.24, 2.45) is 0 Å². The van der Waals surface area contributed by atoms with Crippen LogP contribution in [0, 0.1) is 0 Å². The maximum Gasteiger partial charge on any atom is 0.336 e. The zero-order valence-corrected chi connectivity index (χ0v) is 16.7. The monoisotopic (exact) mass is 422 g/mol. The van der Waals surface area contributed by atoms with E-state index in [2.05, 4.69) is 9.44 Å². The number of hydrogen-bond acceptors (Lipinski definition) is 6. The molecule has 0 aliphatic heterocycles. The molecular weight excluding hydrogens is 404 g/mol. The first-order chi connectivity index (χ1) is 13.1. The van der Waals surface area contributed by atoms with Crippen LogP contribution in [0.25, 0.3) is 11.0 Å². The molecule has 0 amide bonds. The summed E-state index contributed by atoms with van der Waals surface area (Å²) >= 11 is 0. The van der Waals surface area contributed by atoms with Crippen molar-refractivity contribution in [2.45, 2.75) is 29.7 Å². The third-order valence-corrected chi connectivity index (χ3v) is 6.76. The Hall–Kier alpha value is -2.69. The number of nitrogens with one attached hydrogen (secondary N) is 2. The number of anilines is 1. The smallest absolute Gasteiger partial charge is 0.336 e. The topological polar surface area (TPSA) is 123 Å². The molecule has 0 aliphatic carbocycles. The highest BCUT2D eigenvalue weighted by molar-refractivity contribution is 7.92. The summed E-state index contributed by atoms with van der Waals surface area (Å²) in [4.78, 5) is 11.2. The molecule has 28 heavy (non-hydrogen) atoms. The van der Waals surface area contributed by atoms with Crippen LogP contribution in [-0.2, 0) is 20.0 Å². The van der Waals surface area contributed by atoms with Crippen LogP contribution in [-0.4, -0.2) is 22.9 Å². The van der Waals surface area contributed by atoms with Crippen molar-refractivity contribution in [3.05, 3.63) is 65.0 Å². The highest BCUT2D eigenvalue weighted by Gasteiger charge is 2.18. The lowest BCUT2D eigenvalue weighted by molar-refractivity contribution is 0.560. The third kappa shape index (κ3) is 4.41. The molecule has 0 saturated heterocycles. The zero-order valence-electron chi connectivity index (χ0n) is 15.0. The Morgan fingerprint density at radius 2 is 1.46 bits per heavy atom. The van der Waals surface area contributed by atoms with Gasteiger partial charge in [0.2, 0.25) is 10.0 Å². The molecule has 0 spiro atoms. The first-order valence-electron chi connectivity index (χ1n) is 8.26. The van der Waals surface area contributed by atoms with Crippen LogP contribution in [0.4, 0.5) is 5.69 Å². The summed E-state index contributed by atoms with van der Waals surface area (Å²) in [5.74, 6) is 0. The van der Waals surface area contributed by atoms with E-state index in [1.165, 1.54) is 54.6 Å². The molecular formula is C18H18N2O6S2. The fourth-order valence-corrected chi connectivity index (χ4v) is 4.86. The van der Waals surface area contributed by atoms with E-state index in [0.717, 1.165) is 0 Å². The summed E-state index contributed by atoms with van der Waals surface area (Å²) in [5.41, 5.74) is -0.0370. The van der Waals surface area contributed by atoms with E-state index in [9.17, 15) is 21.6 Å². The molecule has 0 aliphatic rings. The van der Waals surface area contributed by atoms with E-state index in [4.69, 9.17) is 4.42 Å². The van der Waals surface area contributed by atoms with Crippen molar-refractivity contribution in [3.63, 3.8) is 0 Å². The third-order valence-electron chi connectivity index (χ3n) is 3.71. The molecule has 0 saturated carbocycles. The van der Waals surface area contributed by atoms with Gasteiger partial charge in [-0.1, -0.05) is 0 Å². The lowest BCUT2D eigenvalue weighted by atomic mass is 10.2. The van der Waals surface area contributed by atoms with Gasteiger partial charge in [-0.25, -0.2) is 26.4 Å². The molecule has 3 rings (SSSR count). The van der Waals surface area contributed by atoms with Gasteiger partial charge in [-0.3, -0.25) is 4.72 Å². The number of benzene rings is 2. The molecule has 148 valence electrons. The first-order valence-corrected chi connectivity index (χ1v) is 11.2. The number of hydrogen-bond donors (Lipinski definition) is 2. The zero-order chi connectivity index (χ0) is 20.5. The Morgan fingerprint density at radius 3 is 2.11 bits per heavy atom. The molecule has 0 radical (unpaired) electrons. The molecule has 0 bridgehead atoms.